The van der Waals surface area contributed by atoms with Crippen molar-refractivity contribution in [2.75, 3.05) is 46.5 Å². The molecule has 1 unspecified atom stereocenters. The number of methoxy groups -OCH3 is 1. The second-order valence-corrected chi connectivity index (χ2v) is 7.14. The van der Waals surface area contributed by atoms with Crippen LogP contribution in [0.3, 0.4) is 0 Å². The molecule has 1 aliphatic rings. The summed E-state index contributed by atoms with van der Waals surface area (Å²) in [6.07, 6.45) is 0. The molecular weight excluding hydrogens is 510 g/mol. The first-order chi connectivity index (χ1) is 14.7. The monoisotopic (exact) mass is 542 g/mol. The van der Waals surface area contributed by atoms with Gasteiger partial charge in [-0.1, -0.05) is 24.3 Å². The minimum Gasteiger partial charge on any atom is -0.497 e. The molecule has 31 heavy (non-hydrogen) atoms. The van der Waals surface area contributed by atoms with Crippen molar-refractivity contribution in [2.45, 2.75) is 19.5 Å². The van der Waals surface area contributed by atoms with Crippen LogP contribution in [0.15, 0.2) is 53.5 Å². The zero-order chi connectivity index (χ0) is 21.2. The van der Waals surface area contributed by atoms with Crippen molar-refractivity contribution < 1.29 is 13.9 Å². The molecular formula is C23H32FIN4O2. The first kappa shape index (κ1) is 25.4. The smallest absolute Gasteiger partial charge is 0.191 e. The topological polar surface area (TPSA) is 58.1 Å². The van der Waals surface area contributed by atoms with Crippen LogP contribution in [0.4, 0.5) is 4.39 Å². The first-order valence-electron chi connectivity index (χ1n) is 10.4. The van der Waals surface area contributed by atoms with E-state index in [4.69, 9.17) is 9.47 Å². The fourth-order valence-electron chi connectivity index (χ4n) is 3.47. The Bertz CT molecular complexity index is 796. The molecule has 0 aromatic heterocycles. The largest absolute Gasteiger partial charge is 0.497 e. The molecule has 3 rings (SSSR count). The van der Waals surface area contributed by atoms with Gasteiger partial charge in [0.15, 0.2) is 5.96 Å². The maximum Gasteiger partial charge on any atom is 0.191 e. The van der Waals surface area contributed by atoms with E-state index in [-0.39, 0.29) is 35.8 Å². The molecule has 1 fully saturated rings. The summed E-state index contributed by atoms with van der Waals surface area (Å²) in [5.41, 5.74) is 2.19. The van der Waals surface area contributed by atoms with Gasteiger partial charge in [-0.15, -0.1) is 24.0 Å². The lowest BCUT2D eigenvalue weighted by Crippen LogP contribution is -2.46. The Balaban J connectivity index is 0.00000341. The van der Waals surface area contributed by atoms with Crippen LogP contribution < -0.4 is 15.4 Å². The molecule has 1 saturated heterocycles. The number of nitrogens with zero attached hydrogens (tertiary/aromatic N) is 2. The normalized spacial score (nSPS) is 15.6. The van der Waals surface area contributed by atoms with E-state index in [1.165, 1.54) is 17.7 Å². The summed E-state index contributed by atoms with van der Waals surface area (Å²) in [6, 6.07) is 14.9. The van der Waals surface area contributed by atoms with Crippen molar-refractivity contribution in [2.24, 2.45) is 4.99 Å². The van der Waals surface area contributed by atoms with Crippen molar-refractivity contribution in [1.82, 2.24) is 15.5 Å². The van der Waals surface area contributed by atoms with E-state index in [0.717, 1.165) is 50.1 Å². The highest BCUT2D eigenvalue weighted by atomic mass is 127. The maximum absolute atomic E-state index is 13.1. The van der Waals surface area contributed by atoms with E-state index >= 15 is 0 Å². The predicted molar refractivity (Wildman–Crippen MR) is 133 cm³/mol. The number of morpholine rings is 1. The summed E-state index contributed by atoms with van der Waals surface area (Å²) in [5.74, 6) is 1.36. The van der Waals surface area contributed by atoms with Gasteiger partial charge in [-0.25, -0.2) is 9.38 Å². The van der Waals surface area contributed by atoms with Gasteiger partial charge in [0.1, 0.15) is 11.6 Å². The van der Waals surface area contributed by atoms with Crippen LogP contribution in [0.1, 0.15) is 24.1 Å². The van der Waals surface area contributed by atoms with Crippen molar-refractivity contribution in [3.63, 3.8) is 0 Å². The van der Waals surface area contributed by atoms with E-state index in [0.29, 0.717) is 13.1 Å². The van der Waals surface area contributed by atoms with Crippen LogP contribution in [0.25, 0.3) is 0 Å². The van der Waals surface area contributed by atoms with Gasteiger partial charge in [0.25, 0.3) is 0 Å². The lowest BCUT2D eigenvalue weighted by atomic mass is 10.0. The average Bonchev–Trinajstić information content (AvgIpc) is 2.79. The summed E-state index contributed by atoms with van der Waals surface area (Å²) in [7, 11) is 1.68. The van der Waals surface area contributed by atoms with Crippen molar-refractivity contribution in [3.8, 4) is 5.75 Å². The van der Waals surface area contributed by atoms with E-state index < -0.39 is 0 Å². The average molecular weight is 542 g/mol. The molecule has 2 aromatic carbocycles. The summed E-state index contributed by atoms with van der Waals surface area (Å²) < 4.78 is 24.0. The van der Waals surface area contributed by atoms with E-state index in [1.807, 2.05) is 19.1 Å². The molecule has 1 aliphatic heterocycles. The highest BCUT2D eigenvalue weighted by Gasteiger charge is 2.23. The predicted octanol–water partition coefficient (Wildman–Crippen LogP) is 3.58. The highest BCUT2D eigenvalue weighted by Crippen LogP contribution is 2.23. The molecule has 0 saturated carbocycles. The van der Waals surface area contributed by atoms with E-state index in [1.54, 1.807) is 19.2 Å². The molecule has 0 spiro atoms. The van der Waals surface area contributed by atoms with Crippen LogP contribution in [0, 0.1) is 5.82 Å². The lowest BCUT2D eigenvalue weighted by molar-refractivity contribution is 0.0170. The van der Waals surface area contributed by atoms with Crippen molar-refractivity contribution in [1.29, 1.82) is 0 Å². The van der Waals surface area contributed by atoms with Gasteiger partial charge in [0, 0.05) is 26.2 Å². The number of hydrogen-bond donors (Lipinski definition) is 2. The van der Waals surface area contributed by atoms with Gasteiger partial charge in [0.2, 0.25) is 0 Å². The van der Waals surface area contributed by atoms with Gasteiger partial charge in [-0.05, 0) is 42.3 Å². The molecule has 1 atom stereocenters. The molecule has 170 valence electrons. The molecule has 2 aromatic rings. The third-order valence-corrected chi connectivity index (χ3v) is 5.13. The van der Waals surface area contributed by atoms with Crippen LogP contribution >= 0.6 is 24.0 Å². The Morgan fingerprint density at radius 1 is 1.10 bits per heavy atom. The van der Waals surface area contributed by atoms with E-state index in [2.05, 4.69) is 32.7 Å². The van der Waals surface area contributed by atoms with Gasteiger partial charge in [0.05, 0.1) is 32.9 Å². The Morgan fingerprint density at radius 2 is 1.77 bits per heavy atom. The molecule has 2 N–H and O–H groups in total. The summed E-state index contributed by atoms with van der Waals surface area (Å²) in [5, 5.41) is 6.77. The van der Waals surface area contributed by atoms with E-state index in [9.17, 15) is 4.39 Å². The minimum atomic E-state index is -0.236. The maximum atomic E-state index is 13.1. The van der Waals surface area contributed by atoms with Gasteiger partial charge < -0.3 is 20.1 Å². The molecule has 8 heteroatoms. The molecule has 0 aliphatic carbocycles. The quantitative estimate of drug-likeness (QED) is 0.304. The number of aliphatic imine (C=N–C) groups is 1. The molecule has 0 radical (unpaired) electrons. The number of nitrogens with one attached hydrogen (secondary N) is 2. The van der Waals surface area contributed by atoms with Crippen LogP contribution in [0.2, 0.25) is 0 Å². The number of hydrogen-bond acceptors (Lipinski definition) is 4. The Labute approximate surface area is 201 Å². The van der Waals surface area contributed by atoms with Gasteiger partial charge in [-0.3, -0.25) is 4.90 Å². The fourth-order valence-corrected chi connectivity index (χ4v) is 3.47. The van der Waals surface area contributed by atoms with Gasteiger partial charge in [-0.2, -0.15) is 0 Å². The second-order valence-electron chi connectivity index (χ2n) is 7.14. The third-order valence-electron chi connectivity index (χ3n) is 5.13. The van der Waals surface area contributed by atoms with Crippen LogP contribution in [0.5, 0.6) is 5.75 Å². The number of halogens is 2. The Kier molecular flexibility index (Phi) is 11.0. The zero-order valence-electron chi connectivity index (χ0n) is 18.1. The fraction of sp³-hybridized carbons (Fsp3) is 0.435. The molecule has 0 bridgehead atoms. The number of benzene rings is 2. The third kappa shape index (κ3) is 7.93. The summed E-state index contributed by atoms with van der Waals surface area (Å²) in [6.45, 7) is 7.26. The first-order valence-corrected chi connectivity index (χ1v) is 10.4. The molecule has 1 heterocycles. The standard InChI is InChI=1S/C23H31FN4O2.HI/c1-3-25-23(26-16-18-4-8-20(24)9-5-18)27-17-22(28-12-14-30-15-13-28)19-6-10-21(29-2)11-7-19;/h4-11,22H,3,12-17H2,1-2H3,(H2,25,26,27);1H. The van der Waals surface area contributed by atoms with Crippen molar-refractivity contribution in [3.05, 3.63) is 65.5 Å². The lowest BCUT2D eigenvalue weighted by Gasteiger charge is -2.35. The molecule has 0 amide bonds. The van der Waals surface area contributed by atoms with Crippen molar-refractivity contribution >= 4 is 29.9 Å². The SMILES string of the molecule is CCNC(=NCc1ccc(F)cc1)NCC(c1ccc(OC)cc1)N1CCOCC1.I. The Morgan fingerprint density at radius 3 is 2.39 bits per heavy atom. The Hall–Kier alpha value is -1.91. The number of rotatable bonds is 8. The molecule has 6 nitrogen and oxygen atoms in total. The summed E-state index contributed by atoms with van der Waals surface area (Å²) >= 11 is 0. The summed E-state index contributed by atoms with van der Waals surface area (Å²) in [4.78, 5) is 7.09. The minimum absolute atomic E-state index is 0. The van der Waals surface area contributed by atoms with Crippen LogP contribution in [-0.4, -0.2) is 57.4 Å². The van der Waals surface area contributed by atoms with Crippen LogP contribution in [-0.2, 0) is 11.3 Å². The highest BCUT2D eigenvalue weighted by molar-refractivity contribution is 14.0. The second kappa shape index (κ2) is 13.5. The number of ether oxygens (including phenoxy) is 2. The zero-order valence-corrected chi connectivity index (χ0v) is 20.5. The number of guanidine groups is 1. The van der Waals surface area contributed by atoms with Gasteiger partial charge >= 0.3 is 0 Å².